The van der Waals surface area contributed by atoms with Crippen LogP contribution in [0.5, 0.6) is 0 Å². The number of urea groups is 1. The van der Waals surface area contributed by atoms with Crippen LogP contribution in [-0.4, -0.2) is 355 Å². The number of alkyl carbamates (subject to hydrolysis) is 1. The number of aliphatic hydroxyl groups is 12. The van der Waals surface area contributed by atoms with Crippen molar-refractivity contribution in [1.29, 1.82) is 0 Å². The number of aryl methyl sites for hydroxylation is 1. The zero-order valence-corrected chi connectivity index (χ0v) is 86.2. The van der Waals surface area contributed by atoms with Crippen LogP contribution in [0.4, 0.5) is 15.5 Å². The first-order valence-corrected chi connectivity index (χ1v) is 49.5. The van der Waals surface area contributed by atoms with Crippen molar-refractivity contribution in [3.8, 4) is 0 Å². The van der Waals surface area contributed by atoms with Crippen molar-refractivity contribution in [2.45, 2.75) is 300 Å². The number of amides is 3. The van der Waals surface area contributed by atoms with E-state index in [0.717, 1.165) is 56.8 Å². The fraction of sp³-hybridized carbons (Fsp3) is 0.644. The first-order valence-electron chi connectivity index (χ1n) is 49.5. The van der Waals surface area contributed by atoms with Crippen LogP contribution < -0.4 is 26.8 Å². The Morgan fingerprint density at radius 3 is 1.64 bits per heavy atom. The monoisotopic (exact) mass is 2140 g/mol. The largest absolute Gasteiger partial charge is 0.481 e. The number of carboxylic acid groups (broad SMARTS) is 2. The molecule has 0 bridgehead atoms. The molecular formula is C101H158N6O43. The molecule has 3 fully saturated rings. The Bertz CT molecular complexity index is 4450. The van der Waals surface area contributed by atoms with Gasteiger partial charge in [-0.2, -0.15) is 0 Å². The normalized spacial score (nSPS) is 17.8. The maximum atomic E-state index is 12.7. The van der Waals surface area contributed by atoms with Crippen LogP contribution in [-0.2, 0) is 110 Å². The first kappa shape index (κ1) is 138. The van der Waals surface area contributed by atoms with Gasteiger partial charge in [-0.25, -0.2) is 57.8 Å². The third kappa shape index (κ3) is 64.6. The number of esters is 10. The number of H-pyrrole nitrogens is 1. The molecule has 15 atom stereocenters. The second-order valence-electron chi connectivity index (χ2n) is 35.1. The number of aromatic amines is 1. The standard InChI is InChI=1S/C24H32O9.C21H31N5O8.C17H28O8.C16H28O6.C14H22O8.C9H17NO4/c1-2-22(27)32-15-16-10-11-20(21(13-16)31-12-6-5-7-17(26)14-25)33-24(30)19-9-4-3-8-18(19)23(28)29;1-3-18(30)34-16(15(28)11-27)8-9-33-21(32)24-14-6-4-13(5-7-14)23-20(31)26-19-22-12(2)10-17(29)25-19;1-2-16(20)23-9-5-8-15(25-22)13-6-3-4-7-14(13)17(21)24-11-12(19)10-18;1-4-5-6-7-8-9-10-14(19)21-16(13(18)11-17)22-15(20)12(2)3;1-9(2)14(20)21-7-6-11(10(16)8-15)22-13(19)5-3-4-12(17)18;1-7(2)9(13)14-4-3-10-5-8(12)6-11/h2-4,8-9,16-17,20-21,25-26H,1,5-7,10-15H2,(H,28,29);3,10,13-16,27-28H,1,4-9,11H2,2H3,(H,24,32)(H3,22,23,25,26,29,31);2,12-15,18-19,22H,1,3-11H2;13,16-18H,2,4-11H2,1,3H3;10-11,15-16H,1,3-8H2,2H3,(H,17,18);8,10-12H,1,3-6H2,2H3. The molecule has 850 valence electrons. The SMILES string of the molecule is C=C(C)C(=O)OC(OC(=O)CCCCCCCC)C(O)CO.C=C(C)C(=O)OCCC(OC(=O)CCCC(=O)O)C(O)CO.C=C(C)C(=O)OCCNCC(O)CO.C=CC(=O)OC(CCOC(=O)NC1CCC(NC(=O)Nc2nc(C)cc(=O)[nH]2)CC1)C(O)CO.C=CC(=O)OCC1CCC(OC(=O)c2ccccc2C(=O)O)C(OCCCCC(O)CO)C1.C=CC(=O)OCCCC(OO)C1CCCCC1C(=O)OCC(O)CO. The van der Waals surface area contributed by atoms with E-state index >= 15 is 0 Å². The van der Waals surface area contributed by atoms with Gasteiger partial charge < -0.3 is 144 Å². The molecule has 49 heteroatoms. The Balaban J connectivity index is 0.00000181. The number of hydrogen-bond acceptors (Lipinski definition) is 43. The Labute approximate surface area is 871 Å². The molecular weight excluding hydrogens is 1990 g/mol. The summed E-state index contributed by atoms with van der Waals surface area (Å²) in [5.41, 5.74) is 0.651. The van der Waals surface area contributed by atoms with E-state index < -0.39 is 190 Å². The highest BCUT2D eigenvalue weighted by molar-refractivity contribution is 6.02. The number of benzene rings is 1. The van der Waals surface area contributed by atoms with Gasteiger partial charge in [0.15, 0.2) is 6.10 Å². The van der Waals surface area contributed by atoms with Crippen LogP contribution in [0.2, 0.25) is 0 Å². The number of ether oxygens (including phenoxy) is 12. The number of aromatic carboxylic acids is 1. The van der Waals surface area contributed by atoms with Crippen LogP contribution in [0.15, 0.2) is 110 Å². The molecule has 3 saturated carbocycles. The number of hydrogen-bond donors (Lipinski definition) is 20. The number of rotatable bonds is 64. The van der Waals surface area contributed by atoms with Crippen LogP contribution in [0.3, 0.4) is 0 Å². The Morgan fingerprint density at radius 1 is 0.520 bits per heavy atom. The summed E-state index contributed by atoms with van der Waals surface area (Å²) in [6.07, 6.45) is 6.59. The third-order valence-corrected chi connectivity index (χ3v) is 22.3. The van der Waals surface area contributed by atoms with Gasteiger partial charge >= 0.3 is 83.8 Å². The Kier molecular flexibility index (Phi) is 76.2. The number of nitrogens with one attached hydrogen (secondary N) is 5. The van der Waals surface area contributed by atoms with E-state index in [1.807, 2.05) is 0 Å². The van der Waals surface area contributed by atoms with Gasteiger partial charge in [-0.05, 0) is 148 Å². The summed E-state index contributed by atoms with van der Waals surface area (Å²) in [5, 5.41) is 147. The predicted octanol–water partition coefficient (Wildman–Crippen LogP) is 4.63. The quantitative estimate of drug-likeness (QED) is 0.00816. The van der Waals surface area contributed by atoms with Gasteiger partial charge in [0.05, 0.1) is 108 Å². The number of carbonyl (C=O) groups is 14. The molecule has 150 heavy (non-hydrogen) atoms. The molecule has 1 aromatic carbocycles. The number of aliphatic hydroxyl groups excluding tert-OH is 12. The second-order valence-corrected chi connectivity index (χ2v) is 35.1. The predicted molar refractivity (Wildman–Crippen MR) is 534 cm³/mol. The van der Waals surface area contributed by atoms with Crippen molar-refractivity contribution in [1.82, 2.24) is 25.9 Å². The minimum atomic E-state index is -1.51. The number of unbranched alkanes of at least 4 members (excludes halogenated alkanes) is 6. The van der Waals surface area contributed by atoms with Crippen LogP contribution >= 0.6 is 0 Å². The molecule has 3 aliphatic carbocycles. The molecule has 0 saturated heterocycles. The average molecular weight is 2140 g/mol. The summed E-state index contributed by atoms with van der Waals surface area (Å²) >= 11 is 0. The van der Waals surface area contributed by atoms with Gasteiger partial charge in [-0.15, -0.1) is 0 Å². The molecule has 3 amide bonds. The van der Waals surface area contributed by atoms with E-state index in [1.54, 1.807) is 19.9 Å². The number of anilines is 1. The van der Waals surface area contributed by atoms with E-state index in [0.29, 0.717) is 121 Å². The van der Waals surface area contributed by atoms with Crippen LogP contribution in [0.1, 0.15) is 234 Å². The van der Waals surface area contributed by atoms with Crippen LogP contribution in [0.25, 0.3) is 0 Å². The fourth-order valence-electron chi connectivity index (χ4n) is 14.2. The van der Waals surface area contributed by atoms with Gasteiger partial charge in [0.1, 0.15) is 49.8 Å². The van der Waals surface area contributed by atoms with E-state index in [9.17, 15) is 108 Å². The topological polar surface area (TPSA) is 756 Å². The third-order valence-electron chi connectivity index (χ3n) is 22.3. The van der Waals surface area contributed by atoms with Crippen LogP contribution in [0, 0.1) is 24.7 Å². The van der Waals surface area contributed by atoms with Gasteiger partial charge in [0, 0.05) is 117 Å². The summed E-state index contributed by atoms with van der Waals surface area (Å²) in [6.45, 7) is 26.6. The minimum absolute atomic E-state index is 0.00155. The van der Waals surface area contributed by atoms with Gasteiger partial charge in [0.2, 0.25) is 5.95 Å². The summed E-state index contributed by atoms with van der Waals surface area (Å²) in [7, 11) is 0. The lowest BCUT2D eigenvalue weighted by atomic mass is 9.75. The van der Waals surface area contributed by atoms with Crippen molar-refractivity contribution in [3.63, 3.8) is 0 Å². The van der Waals surface area contributed by atoms with E-state index in [-0.39, 0.29) is 156 Å². The van der Waals surface area contributed by atoms with E-state index in [1.165, 1.54) is 44.5 Å². The molecule has 0 aliphatic heterocycles. The summed E-state index contributed by atoms with van der Waals surface area (Å²) in [5.74, 6) is -8.84. The van der Waals surface area contributed by atoms with Gasteiger partial charge in [-0.1, -0.05) is 103 Å². The molecule has 15 unspecified atom stereocenters. The zero-order valence-electron chi connectivity index (χ0n) is 86.2. The first-order chi connectivity index (χ1) is 71.3. The highest BCUT2D eigenvalue weighted by Crippen LogP contribution is 2.37. The fourth-order valence-corrected chi connectivity index (χ4v) is 14.2. The van der Waals surface area contributed by atoms with E-state index in [2.05, 4.69) is 82.5 Å². The molecule has 0 spiro atoms. The number of aliphatic carboxylic acids is 1. The van der Waals surface area contributed by atoms with Crippen molar-refractivity contribution in [2.24, 2.45) is 17.8 Å². The van der Waals surface area contributed by atoms with Crippen molar-refractivity contribution in [3.05, 3.63) is 132 Å². The minimum Gasteiger partial charge on any atom is -0.481 e. The molecule has 49 nitrogen and oxygen atoms in total. The summed E-state index contributed by atoms with van der Waals surface area (Å²) in [6, 6.07) is 6.45. The number of aromatic nitrogens is 2. The average Bonchev–Trinajstić information content (AvgIpc) is 0.825. The molecule has 1 heterocycles. The number of nitrogens with zero attached hydrogens (tertiary/aromatic N) is 1. The lowest BCUT2D eigenvalue weighted by Crippen LogP contribution is -2.45. The Morgan fingerprint density at radius 2 is 1.07 bits per heavy atom. The maximum Gasteiger partial charge on any atom is 0.407 e. The molecule has 0 radical (unpaired) electrons. The number of carboxylic acids is 2. The second kappa shape index (κ2) is 82.8. The lowest BCUT2D eigenvalue weighted by Gasteiger charge is -2.35. The molecule has 1 aromatic heterocycles. The van der Waals surface area contributed by atoms with E-state index in [4.69, 9.17) is 97.7 Å². The maximum absolute atomic E-state index is 12.7. The van der Waals surface area contributed by atoms with Crippen molar-refractivity contribution >= 4 is 89.7 Å². The van der Waals surface area contributed by atoms with Gasteiger partial charge in [-0.3, -0.25) is 39.5 Å². The zero-order chi connectivity index (χ0) is 113. The van der Waals surface area contributed by atoms with Crippen molar-refractivity contribution in [2.75, 3.05) is 104 Å². The summed E-state index contributed by atoms with van der Waals surface area (Å²) in [4.78, 5) is 184. The molecule has 5 rings (SSSR count). The number of carbonyl (C=O) groups excluding carboxylic acids is 12. The lowest BCUT2D eigenvalue weighted by molar-refractivity contribution is -0.297. The Hall–Kier alpha value is -11.9. The smallest absolute Gasteiger partial charge is 0.407 e. The highest BCUT2D eigenvalue weighted by atomic mass is 17.1. The highest BCUT2D eigenvalue weighted by Gasteiger charge is 2.40. The molecule has 20 N–H and O–H groups in total. The molecule has 3 aliphatic rings. The van der Waals surface area contributed by atoms with Gasteiger partial charge in [0.25, 0.3) is 11.8 Å². The van der Waals surface area contributed by atoms with Crippen molar-refractivity contribution < 1.29 is 206 Å². The summed E-state index contributed by atoms with van der Waals surface area (Å²) < 4.78 is 61.1. The molecule has 2 aromatic rings.